The minimum atomic E-state index is -0.0592. The van der Waals surface area contributed by atoms with Gasteiger partial charge in [-0.05, 0) is 36.2 Å². The van der Waals surface area contributed by atoms with E-state index in [0.717, 1.165) is 16.9 Å². The van der Waals surface area contributed by atoms with E-state index < -0.39 is 0 Å². The van der Waals surface area contributed by atoms with Gasteiger partial charge in [0.05, 0.1) is 14.2 Å². The van der Waals surface area contributed by atoms with Gasteiger partial charge in [0, 0.05) is 24.9 Å². The van der Waals surface area contributed by atoms with Crippen LogP contribution in [0.4, 0.5) is 0 Å². The van der Waals surface area contributed by atoms with Gasteiger partial charge in [0.15, 0.2) is 0 Å². The number of carbonyl (C=O) groups excluding carboxylic acids is 1. The number of carbonyl (C=O) groups is 1. The maximum atomic E-state index is 12.1. The maximum absolute atomic E-state index is 12.1. The molecule has 0 aliphatic rings. The van der Waals surface area contributed by atoms with Crippen LogP contribution in [0, 0.1) is 0 Å². The molecule has 1 amide bonds. The van der Waals surface area contributed by atoms with Gasteiger partial charge in [-0.25, -0.2) is 0 Å². The van der Waals surface area contributed by atoms with Crippen molar-refractivity contribution in [3.05, 3.63) is 60.0 Å². The Bertz CT molecular complexity index is 923. The first-order chi connectivity index (χ1) is 13.7. The van der Waals surface area contributed by atoms with Crippen LogP contribution in [-0.2, 0) is 17.6 Å². The third-order valence-electron chi connectivity index (χ3n) is 4.26. The molecule has 28 heavy (non-hydrogen) atoms. The molecule has 146 valence electrons. The lowest BCUT2D eigenvalue weighted by Crippen LogP contribution is -2.26. The van der Waals surface area contributed by atoms with E-state index in [-0.39, 0.29) is 12.3 Å². The summed E-state index contributed by atoms with van der Waals surface area (Å²) in [6.07, 6.45) is 1.37. The zero-order valence-corrected chi connectivity index (χ0v) is 16.0. The third-order valence-corrected chi connectivity index (χ3v) is 4.26. The number of ether oxygens (including phenoxy) is 2. The van der Waals surface area contributed by atoms with E-state index in [1.54, 1.807) is 14.2 Å². The van der Waals surface area contributed by atoms with Crippen LogP contribution in [-0.4, -0.2) is 36.9 Å². The summed E-state index contributed by atoms with van der Waals surface area (Å²) in [5, 5.41) is 11.0. The zero-order valence-electron chi connectivity index (χ0n) is 16.0. The monoisotopic (exact) mass is 381 g/mol. The minimum absolute atomic E-state index is 0.0592. The van der Waals surface area contributed by atoms with Crippen molar-refractivity contribution in [2.75, 3.05) is 20.8 Å². The molecule has 1 N–H and O–H groups in total. The number of amides is 1. The first-order valence-corrected chi connectivity index (χ1v) is 9.05. The molecule has 0 unspecified atom stereocenters. The molecule has 0 saturated heterocycles. The van der Waals surface area contributed by atoms with Gasteiger partial charge < -0.3 is 19.2 Å². The van der Waals surface area contributed by atoms with E-state index in [4.69, 9.17) is 13.9 Å². The normalized spacial score (nSPS) is 10.5. The Morgan fingerprint density at radius 1 is 1.04 bits per heavy atom. The third kappa shape index (κ3) is 5.09. The second-order valence-electron chi connectivity index (χ2n) is 6.14. The van der Waals surface area contributed by atoms with Crippen LogP contribution in [0.2, 0.25) is 0 Å². The summed E-state index contributed by atoms with van der Waals surface area (Å²) in [5.41, 5.74) is 1.84. The standard InChI is InChI=1S/C21H23N3O4/c1-26-17-8-5-7-16(14-17)21-24-23-20(28-21)11-10-19(25)22-13-12-15-6-3-4-9-18(15)27-2/h3-9,14H,10-13H2,1-2H3,(H,22,25). The quantitative estimate of drug-likeness (QED) is 0.613. The van der Waals surface area contributed by atoms with E-state index in [0.29, 0.717) is 36.9 Å². The van der Waals surface area contributed by atoms with Crippen molar-refractivity contribution in [2.24, 2.45) is 0 Å². The molecule has 7 heteroatoms. The van der Waals surface area contributed by atoms with E-state index in [9.17, 15) is 4.79 Å². The number of aryl methyl sites for hydroxylation is 1. The molecule has 2 aromatic carbocycles. The Hall–Kier alpha value is -3.35. The molecular weight excluding hydrogens is 358 g/mol. The molecule has 0 saturated carbocycles. The first-order valence-electron chi connectivity index (χ1n) is 9.05. The van der Waals surface area contributed by atoms with Crippen molar-refractivity contribution in [1.82, 2.24) is 15.5 Å². The number of methoxy groups -OCH3 is 2. The van der Waals surface area contributed by atoms with Crippen LogP contribution >= 0.6 is 0 Å². The predicted molar refractivity (Wildman–Crippen MR) is 104 cm³/mol. The maximum Gasteiger partial charge on any atom is 0.247 e. The number of hydrogen-bond acceptors (Lipinski definition) is 6. The summed E-state index contributed by atoms with van der Waals surface area (Å²) in [7, 11) is 3.24. The molecular formula is C21H23N3O4. The molecule has 0 fully saturated rings. The predicted octanol–water partition coefficient (Wildman–Crippen LogP) is 3.05. The number of rotatable bonds is 9. The SMILES string of the molecule is COc1cccc(-c2nnc(CCC(=O)NCCc3ccccc3OC)o2)c1. The molecule has 0 aliphatic carbocycles. The number of benzene rings is 2. The molecule has 3 aromatic rings. The van der Waals surface area contributed by atoms with E-state index in [2.05, 4.69) is 15.5 Å². The number of nitrogens with one attached hydrogen (secondary N) is 1. The second kappa shape index (κ2) is 9.55. The summed E-state index contributed by atoms with van der Waals surface area (Å²) in [5.74, 6) is 2.32. The van der Waals surface area contributed by atoms with Crippen LogP contribution in [0.25, 0.3) is 11.5 Å². The summed E-state index contributed by atoms with van der Waals surface area (Å²) >= 11 is 0. The molecule has 7 nitrogen and oxygen atoms in total. The van der Waals surface area contributed by atoms with Crippen LogP contribution in [0.5, 0.6) is 11.5 Å². The van der Waals surface area contributed by atoms with Crippen molar-refractivity contribution in [3.63, 3.8) is 0 Å². The average molecular weight is 381 g/mol. The Balaban J connectivity index is 1.46. The van der Waals surface area contributed by atoms with Gasteiger partial charge >= 0.3 is 0 Å². The Morgan fingerprint density at radius 2 is 1.89 bits per heavy atom. The number of hydrogen-bond donors (Lipinski definition) is 1. The number of para-hydroxylation sites is 1. The smallest absolute Gasteiger partial charge is 0.247 e. The van der Waals surface area contributed by atoms with Crippen molar-refractivity contribution in [3.8, 4) is 23.0 Å². The van der Waals surface area contributed by atoms with Crippen LogP contribution in [0.3, 0.4) is 0 Å². The van der Waals surface area contributed by atoms with Crippen LogP contribution < -0.4 is 14.8 Å². The molecule has 0 radical (unpaired) electrons. The summed E-state index contributed by atoms with van der Waals surface area (Å²) in [6, 6.07) is 15.2. The summed E-state index contributed by atoms with van der Waals surface area (Å²) in [6.45, 7) is 0.540. The highest BCUT2D eigenvalue weighted by Gasteiger charge is 2.11. The van der Waals surface area contributed by atoms with Gasteiger partial charge in [0.1, 0.15) is 11.5 Å². The van der Waals surface area contributed by atoms with Crippen molar-refractivity contribution in [2.45, 2.75) is 19.3 Å². The zero-order chi connectivity index (χ0) is 19.8. The van der Waals surface area contributed by atoms with E-state index in [1.165, 1.54) is 0 Å². The fourth-order valence-electron chi connectivity index (χ4n) is 2.78. The molecule has 0 spiro atoms. The Kier molecular flexibility index (Phi) is 6.62. The molecule has 1 aromatic heterocycles. The minimum Gasteiger partial charge on any atom is -0.497 e. The highest BCUT2D eigenvalue weighted by atomic mass is 16.5. The summed E-state index contributed by atoms with van der Waals surface area (Å²) < 4.78 is 16.2. The molecule has 0 aliphatic heterocycles. The molecule has 1 heterocycles. The lowest BCUT2D eigenvalue weighted by molar-refractivity contribution is -0.121. The largest absolute Gasteiger partial charge is 0.497 e. The van der Waals surface area contributed by atoms with Gasteiger partial charge in [-0.1, -0.05) is 24.3 Å². The van der Waals surface area contributed by atoms with Crippen LogP contribution in [0.1, 0.15) is 17.9 Å². The number of aromatic nitrogens is 2. The van der Waals surface area contributed by atoms with Gasteiger partial charge in [0.25, 0.3) is 0 Å². The van der Waals surface area contributed by atoms with Crippen LogP contribution in [0.15, 0.2) is 52.9 Å². The van der Waals surface area contributed by atoms with E-state index in [1.807, 2.05) is 48.5 Å². The lowest BCUT2D eigenvalue weighted by atomic mass is 10.1. The fraction of sp³-hybridized carbons (Fsp3) is 0.286. The lowest BCUT2D eigenvalue weighted by Gasteiger charge is -2.08. The second-order valence-corrected chi connectivity index (χ2v) is 6.14. The highest BCUT2D eigenvalue weighted by molar-refractivity contribution is 5.76. The molecule has 3 rings (SSSR count). The average Bonchev–Trinajstić information content (AvgIpc) is 3.22. The first kappa shape index (κ1) is 19.4. The van der Waals surface area contributed by atoms with Gasteiger partial charge in [0.2, 0.25) is 17.7 Å². The molecule has 0 atom stereocenters. The van der Waals surface area contributed by atoms with Gasteiger partial charge in [-0.3, -0.25) is 4.79 Å². The Labute approximate surface area is 163 Å². The van der Waals surface area contributed by atoms with Crippen molar-refractivity contribution < 1.29 is 18.7 Å². The topological polar surface area (TPSA) is 86.5 Å². The van der Waals surface area contributed by atoms with Crippen molar-refractivity contribution in [1.29, 1.82) is 0 Å². The fourth-order valence-corrected chi connectivity index (χ4v) is 2.78. The van der Waals surface area contributed by atoms with Crippen molar-refractivity contribution >= 4 is 5.91 Å². The van der Waals surface area contributed by atoms with E-state index >= 15 is 0 Å². The van der Waals surface area contributed by atoms with Gasteiger partial charge in [-0.15, -0.1) is 10.2 Å². The Morgan fingerprint density at radius 3 is 2.71 bits per heavy atom. The molecule has 0 bridgehead atoms. The highest BCUT2D eigenvalue weighted by Crippen LogP contribution is 2.23. The summed E-state index contributed by atoms with van der Waals surface area (Å²) in [4.78, 5) is 12.1. The number of nitrogens with zero attached hydrogens (tertiary/aromatic N) is 2. The van der Waals surface area contributed by atoms with Gasteiger partial charge in [-0.2, -0.15) is 0 Å².